The van der Waals surface area contributed by atoms with Crippen molar-refractivity contribution in [3.05, 3.63) is 0 Å². The normalized spacial score (nSPS) is 28.9. The highest BCUT2D eigenvalue weighted by atomic mass is 32.2. The van der Waals surface area contributed by atoms with Crippen LogP contribution < -0.4 is 10.6 Å². The molecule has 0 bridgehead atoms. The lowest BCUT2D eigenvalue weighted by Crippen LogP contribution is -2.49. The second kappa shape index (κ2) is 6.31. The molecule has 2 rings (SSSR count). The molecule has 18 heavy (non-hydrogen) atoms. The number of carbonyl (C=O) groups is 2. The van der Waals surface area contributed by atoms with Crippen molar-refractivity contribution >= 4 is 23.8 Å². The number of thioether (sulfide) groups is 1. The van der Waals surface area contributed by atoms with Gasteiger partial charge in [0.25, 0.3) is 0 Å². The van der Waals surface area contributed by atoms with Crippen LogP contribution in [0, 0.1) is 5.92 Å². The van der Waals surface area contributed by atoms with Gasteiger partial charge in [-0.1, -0.05) is 6.42 Å². The molecule has 2 atom stereocenters. The predicted molar refractivity (Wildman–Crippen MR) is 70.8 cm³/mol. The zero-order chi connectivity index (χ0) is 13.0. The highest BCUT2D eigenvalue weighted by molar-refractivity contribution is 7.99. The Hall–Kier alpha value is -0.910. The number of carbonyl (C=O) groups excluding carboxylic acids is 1. The van der Waals surface area contributed by atoms with Gasteiger partial charge in [0.05, 0.1) is 5.92 Å². The van der Waals surface area contributed by atoms with E-state index in [0.29, 0.717) is 6.42 Å². The zero-order valence-corrected chi connectivity index (χ0v) is 11.2. The zero-order valence-electron chi connectivity index (χ0n) is 10.4. The largest absolute Gasteiger partial charge is 0.481 e. The summed E-state index contributed by atoms with van der Waals surface area (Å²) in [6, 6.07) is -0.165. The van der Waals surface area contributed by atoms with E-state index in [1.165, 1.54) is 0 Å². The van der Waals surface area contributed by atoms with Crippen molar-refractivity contribution in [1.29, 1.82) is 0 Å². The van der Waals surface area contributed by atoms with E-state index in [0.717, 1.165) is 37.2 Å². The Morgan fingerprint density at radius 3 is 2.44 bits per heavy atom. The second-order valence-corrected chi connectivity index (χ2v) is 6.21. The van der Waals surface area contributed by atoms with Gasteiger partial charge in [0.15, 0.2) is 0 Å². The van der Waals surface area contributed by atoms with E-state index >= 15 is 0 Å². The molecule has 102 valence electrons. The van der Waals surface area contributed by atoms with Crippen LogP contribution in [0.3, 0.4) is 0 Å². The lowest BCUT2D eigenvalue weighted by atomic mass is 10.0. The van der Waals surface area contributed by atoms with Gasteiger partial charge in [-0.05, 0) is 37.2 Å². The minimum atomic E-state index is -0.799. The van der Waals surface area contributed by atoms with E-state index in [1.54, 1.807) is 0 Å². The fourth-order valence-corrected chi connectivity index (χ4v) is 3.77. The average molecular weight is 272 g/mol. The molecule has 2 fully saturated rings. The Balaban J connectivity index is 1.77. The third-order valence-corrected chi connectivity index (χ3v) is 4.75. The first kappa shape index (κ1) is 13.5. The summed E-state index contributed by atoms with van der Waals surface area (Å²) in [5, 5.41) is 14.8. The molecule has 1 aliphatic heterocycles. The molecule has 0 radical (unpaired) electrons. The fourth-order valence-electron chi connectivity index (χ4n) is 2.67. The summed E-state index contributed by atoms with van der Waals surface area (Å²) in [6.45, 7) is 0. The molecule has 1 aliphatic carbocycles. The molecule has 3 N–H and O–H groups in total. The summed E-state index contributed by atoms with van der Waals surface area (Å²) < 4.78 is 0. The molecule has 1 heterocycles. The van der Waals surface area contributed by atoms with E-state index in [-0.39, 0.29) is 18.1 Å². The molecule has 6 heteroatoms. The van der Waals surface area contributed by atoms with E-state index < -0.39 is 11.9 Å². The van der Waals surface area contributed by atoms with Gasteiger partial charge >= 0.3 is 12.0 Å². The smallest absolute Gasteiger partial charge is 0.315 e. The minimum absolute atomic E-state index is 0.204. The van der Waals surface area contributed by atoms with Crippen LogP contribution in [-0.4, -0.2) is 40.7 Å². The van der Waals surface area contributed by atoms with Crippen molar-refractivity contribution in [2.24, 2.45) is 5.92 Å². The highest BCUT2D eigenvalue weighted by Crippen LogP contribution is 2.25. The predicted octanol–water partition coefficient (Wildman–Crippen LogP) is 1.43. The van der Waals surface area contributed by atoms with E-state index in [2.05, 4.69) is 10.6 Å². The number of amides is 2. The molecule has 5 nitrogen and oxygen atoms in total. The molecule has 0 aromatic carbocycles. The number of rotatable bonds is 3. The molecule has 2 aliphatic rings. The summed E-state index contributed by atoms with van der Waals surface area (Å²) in [5.74, 6) is 0.961. The molecular formula is C12H20N2O3S. The summed E-state index contributed by atoms with van der Waals surface area (Å²) in [6.07, 6.45) is 4.32. The van der Waals surface area contributed by atoms with Gasteiger partial charge in [0.2, 0.25) is 0 Å². The van der Waals surface area contributed by atoms with Gasteiger partial charge in [-0.15, -0.1) is 0 Å². The lowest BCUT2D eigenvalue weighted by Gasteiger charge is -2.24. The van der Waals surface area contributed by atoms with Gasteiger partial charge in [0.1, 0.15) is 0 Å². The van der Waals surface area contributed by atoms with Crippen molar-refractivity contribution in [2.75, 3.05) is 11.5 Å². The summed E-state index contributed by atoms with van der Waals surface area (Å²) in [7, 11) is 0. The second-order valence-electron chi connectivity index (χ2n) is 4.99. The first-order chi connectivity index (χ1) is 8.66. The number of nitrogens with one attached hydrogen (secondary N) is 2. The number of hydrogen-bond donors (Lipinski definition) is 3. The van der Waals surface area contributed by atoms with Crippen molar-refractivity contribution < 1.29 is 14.7 Å². The maximum atomic E-state index is 11.8. The summed E-state index contributed by atoms with van der Waals surface area (Å²) >= 11 is 1.91. The van der Waals surface area contributed by atoms with Gasteiger partial charge < -0.3 is 15.7 Å². The minimum Gasteiger partial charge on any atom is -0.481 e. The van der Waals surface area contributed by atoms with Crippen molar-refractivity contribution in [3.63, 3.8) is 0 Å². The van der Waals surface area contributed by atoms with Crippen LogP contribution in [0.2, 0.25) is 0 Å². The molecule has 0 spiro atoms. The number of urea groups is 1. The van der Waals surface area contributed by atoms with Crippen molar-refractivity contribution in [3.8, 4) is 0 Å². The summed E-state index contributed by atoms with van der Waals surface area (Å²) in [5.41, 5.74) is 0. The Morgan fingerprint density at radius 1 is 1.06 bits per heavy atom. The Labute approximate surface area is 111 Å². The van der Waals surface area contributed by atoms with Gasteiger partial charge in [0, 0.05) is 12.1 Å². The quantitative estimate of drug-likeness (QED) is 0.726. The van der Waals surface area contributed by atoms with Crippen LogP contribution in [0.4, 0.5) is 4.79 Å². The first-order valence-corrected chi connectivity index (χ1v) is 7.70. The van der Waals surface area contributed by atoms with Crippen LogP contribution >= 0.6 is 11.8 Å². The number of carboxylic acid groups (broad SMARTS) is 1. The standard InChI is InChI=1S/C12H20N2O3S/c15-11(16)9-2-1-3-10(9)14-12(17)13-8-4-6-18-7-5-8/h8-10H,1-7H2,(H,15,16)(H2,13,14,17). The van der Waals surface area contributed by atoms with Crippen molar-refractivity contribution in [1.82, 2.24) is 10.6 Å². The fraction of sp³-hybridized carbons (Fsp3) is 0.833. The van der Waals surface area contributed by atoms with Crippen LogP contribution in [-0.2, 0) is 4.79 Å². The molecule has 0 aromatic rings. The van der Waals surface area contributed by atoms with Gasteiger partial charge in [-0.25, -0.2) is 4.79 Å². The summed E-state index contributed by atoms with van der Waals surface area (Å²) in [4.78, 5) is 22.8. The molecular weight excluding hydrogens is 252 g/mol. The maximum Gasteiger partial charge on any atom is 0.315 e. The van der Waals surface area contributed by atoms with Crippen LogP contribution in [0.25, 0.3) is 0 Å². The third kappa shape index (κ3) is 3.54. The number of carboxylic acids is 1. The Morgan fingerprint density at radius 2 is 1.78 bits per heavy atom. The lowest BCUT2D eigenvalue weighted by molar-refractivity contribution is -0.142. The molecule has 1 saturated carbocycles. The number of aliphatic carboxylic acids is 1. The molecule has 1 saturated heterocycles. The van der Waals surface area contributed by atoms with Gasteiger partial charge in [-0.3, -0.25) is 4.79 Å². The topological polar surface area (TPSA) is 78.4 Å². The van der Waals surface area contributed by atoms with Crippen molar-refractivity contribution in [2.45, 2.75) is 44.2 Å². The highest BCUT2D eigenvalue weighted by Gasteiger charge is 2.34. The third-order valence-electron chi connectivity index (χ3n) is 3.71. The Bertz CT molecular complexity index is 318. The molecule has 0 aromatic heterocycles. The number of hydrogen-bond acceptors (Lipinski definition) is 3. The van der Waals surface area contributed by atoms with E-state index in [1.807, 2.05) is 11.8 Å². The Kier molecular flexibility index (Phi) is 4.74. The average Bonchev–Trinajstić information content (AvgIpc) is 2.78. The SMILES string of the molecule is O=C(NC1CCSCC1)NC1CCCC1C(=O)O. The monoisotopic (exact) mass is 272 g/mol. The molecule has 2 amide bonds. The maximum absolute atomic E-state index is 11.8. The van der Waals surface area contributed by atoms with Gasteiger partial charge in [-0.2, -0.15) is 11.8 Å². The molecule has 2 unspecified atom stereocenters. The van der Waals surface area contributed by atoms with Crippen LogP contribution in [0.5, 0.6) is 0 Å². The van der Waals surface area contributed by atoms with E-state index in [9.17, 15) is 9.59 Å². The van der Waals surface area contributed by atoms with Crippen LogP contribution in [0.1, 0.15) is 32.1 Å². The van der Waals surface area contributed by atoms with Crippen LogP contribution in [0.15, 0.2) is 0 Å². The van der Waals surface area contributed by atoms with E-state index in [4.69, 9.17) is 5.11 Å². The first-order valence-electron chi connectivity index (χ1n) is 6.54.